The van der Waals surface area contributed by atoms with Crippen molar-refractivity contribution in [2.45, 2.75) is 18.9 Å². The zero-order valence-corrected chi connectivity index (χ0v) is 11.0. The number of anilines is 1. The minimum absolute atomic E-state index is 0.522. The minimum atomic E-state index is 0.522. The van der Waals surface area contributed by atoms with Gasteiger partial charge in [-0.05, 0) is 43.5 Å². The molecule has 2 saturated heterocycles. The Hall–Kier alpha value is -1.24. The third-order valence-corrected chi connectivity index (χ3v) is 4.39. The third kappa shape index (κ3) is 2.19. The fourth-order valence-corrected chi connectivity index (χ4v) is 3.28. The molecule has 0 saturated carbocycles. The first-order valence-electron chi connectivity index (χ1n) is 6.45. The summed E-state index contributed by atoms with van der Waals surface area (Å²) in [6.07, 6.45) is 2.46. The van der Waals surface area contributed by atoms with Crippen LogP contribution in [-0.2, 0) is 0 Å². The van der Waals surface area contributed by atoms with Crippen LogP contribution in [0.2, 0.25) is 5.02 Å². The quantitative estimate of drug-likeness (QED) is 0.890. The van der Waals surface area contributed by atoms with Crippen LogP contribution in [0.5, 0.6) is 0 Å². The van der Waals surface area contributed by atoms with Gasteiger partial charge in [0.15, 0.2) is 0 Å². The Morgan fingerprint density at radius 3 is 2.94 bits per heavy atom. The highest BCUT2D eigenvalue weighted by Gasteiger charge is 2.34. The number of hydrogen-bond acceptors (Lipinski definition) is 3. The van der Waals surface area contributed by atoms with E-state index in [2.05, 4.69) is 16.3 Å². The van der Waals surface area contributed by atoms with E-state index in [0.717, 1.165) is 11.6 Å². The first-order valence-corrected chi connectivity index (χ1v) is 6.82. The van der Waals surface area contributed by atoms with E-state index in [1.54, 1.807) is 6.07 Å². The van der Waals surface area contributed by atoms with Crippen molar-refractivity contribution in [2.24, 2.45) is 5.92 Å². The first-order chi connectivity index (χ1) is 8.76. The standard InChI is InChI=1S/C14H16ClN3/c15-12-7-10(8-16)1-2-14(12)17-13-4-6-18-5-3-11(13)9-18/h1-2,7,11,13,17H,3-6,9H2. The van der Waals surface area contributed by atoms with Crippen LogP contribution < -0.4 is 5.32 Å². The van der Waals surface area contributed by atoms with Gasteiger partial charge in [-0.15, -0.1) is 0 Å². The van der Waals surface area contributed by atoms with Gasteiger partial charge in [-0.25, -0.2) is 0 Å². The highest BCUT2D eigenvalue weighted by atomic mass is 35.5. The lowest BCUT2D eigenvalue weighted by Gasteiger charge is -2.32. The molecule has 3 nitrogen and oxygen atoms in total. The van der Waals surface area contributed by atoms with Gasteiger partial charge in [-0.1, -0.05) is 11.6 Å². The average Bonchev–Trinajstić information content (AvgIpc) is 2.77. The van der Waals surface area contributed by atoms with Gasteiger partial charge < -0.3 is 10.2 Å². The van der Waals surface area contributed by atoms with Crippen molar-refractivity contribution in [1.82, 2.24) is 4.90 Å². The van der Waals surface area contributed by atoms with Crippen molar-refractivity contribution in [3.8, 4) is 6.07 Å². The zero-order chi connectivity index (χ0) is 12.5. The highest BCUT2D eigenvalue weighted by molar-refractivity contribution is 6.33. The van der Waals surface area contributed by atoms with Crippen LogP contribution in [0.4, 0.5) is 5.69 Å². The Balaban J connectivity index is 1.74. The zero-order valence-electron chi connectivity index (χ0n) is 10.2. The van der Waals surface area contributed by atoms with Gasteiger partial charge in [0.1, 0.15) is 0 Å². The largest absolute Gasteiger partial charge is 0.381 e. The second-order valence-electron chi connectivity index (χ2n) is 5.20. The Morgan fingerprint density at radius 1 is 1.33 bits per heavy atom. The van der Waals surface area contributed by atoms with Crippen molar-refractivity contribution >= 4 is 17.3 Å². The molecule has 2 heterocycles. The summed E-state index contributed by atoms with van der Waals surface area (Å²) in [4.78, 5) is 2.53. The molecule has 2 fully saturated rings. The van der Waals surface area contributed by atoms with Crippen LogP contribution in [0, 0.1) is 17.2 Å². The topological polar surface area (TPSA) is 39.1 Å². The summed E-state index contributed by atoms with van der Waals surface area (Å²) in [5.74, 6) is 0.741. The van der Waals surface area contributed by atoms with Crippen molar-refractivity contribution in [2.75, 3.05) is 25.0 Å². The van der Waals surface area contributed by atoms with E-state index in [4.69, 9.17) is 16.9 Å². The second kappa shape index (κ2) is 4.79. The summed E-state index contributed by atoms with van der Waals surface area (Å²) in [6.45, 7) is 3.64. The number of nitrogens with zero attached hydrogens (tertiary/aromatic N) is 2. The summed E-state index contributed by atoms with van der Waals surface area (Å²) < 4.78 is 0. The number of benzene rings is 1. The molecule has 0 radical (unpaired) electrons. The lowest BCUT2D eigenvalue weighted by Crippen LogP contribution is -2.39. The average molecular weight is 262 g/mol. The van der Waals surface area contributed by atoms with Crippen molar-refractivity contribution in [3.63, 3.8) is 0 Å². The second-order valence-corrected chi connectivity index (χ2v) is 5.60. The van der Waals surface area contributed by atoms with E-state index >= 15 is 0 Å². The summed E-state index contributed by atoms with van der Waals surface area (Å²) >= 11 is 6.20. The Bertz CT molecular complexity index is 494. The number of fused-ring (bicyclic) bond motifs is 2. The van der Waals surface area contributed by atoms with E-state index in [1.807, 2.05) is 12.1 Å². The molecule has 0 aromatic heterocycles. The van der Waals surface area contributed by atoms with Crippen LogP contribution in [0.15, 0.2) is 18.2 Å². The van der Waals surface area contributed by atoms with Gasteiger partial charge >= 0.3 is 0 Å². The maximum atomic E-state index is 8.83. The molecule has 1 aromatic carbocycles. The predicted octanol–water partition coefficient (Wildman–Crippen LogP) is 2.72. The van der Waals surface area contributed by atoms with E-state index < -0.39 is 0 Å². The highest BCUT2D eigenvalue weighted by Crippen LogP contribution is 2.31. The first kappa shape index (κ1) is 11.8. The van der Waals surface area contributed by atoms with Crippen molar-refractivity contribution in [3.05, 3.63) is 28.8 Å². The van der Waals surface area contributed by atoms with E-state index in [-0.39, 0.29) is 0 Å². The van der Waals surface area contributed by atoms with Crippen LogP contribution in [0.1, 0.15) is 18.4 Å². The minimum Gasteiger partial charge on any atom is -0.381 e. The number of rotatable bonds is 2. The molecule has 4 heteroatoms. The molecule has 1 N–H and O–H groups in total. The predicted molar refractivity (Wildman–Crippen MR) is 72.7 cm³/mol. The molecule has 3 rings (SSSR count). The maximum absolute atomic E-state index is 8.83. The molecule has 3 atom stereocenters. The van der Waals surface area contributed by atoms with Crippen LogP contribution in [0.3, 0.4) is 0 Å². The van der Waals surface area contributed by atoms with Gasteiger partial charge in [0.05, 0.1) is 22.3 Å². The number of piperidine rings is 1. The fourth-order valence-electron chi connectivity index (χ4n) is 3.04. The van der Waals surface area contributed by atoms with Crippen molar-refractivity contribution in [1.29, 1.82) is 5.26 Å². The monoisotopic (exact) mass is 261 g/mol. The van der Waals surface area contributed by atoms with Gasteiger partial charge in [0.25, 0.3) is 0 Å². The molecular weight excluding hydrogens is 246 g/mol. The molecule has 3 unspecified atom stereocenters. The SMILES string of the molecule is N#Cc1ccc(NC2CCN3CCC2C3)c(Cl)c1. The number of hydrogen-bond donors (Lipinski definition) is 1. The van der Waals surface area contributed by atoms with E-state index in [9.17, 15) is 0 Å². The molecule has 18 heavy (non-hydrogen) atoms. The smallest absolute Gasteiger partial charge is 0.0992 e. The lowest BCUT2D eigenvalue weighted by atomic mass is 9.94. The molecule has 1 aromatic rings. The molecule has 0 amide bonds. The molecule has 2 aliphatic heterocycles. The summed E-state index contributed by atoms with van der Waals surface area (Å²) in [5.41, 5.74) is 1.57. The summed E-state index contributed by atoms with van der Waals surface area (Å²) in [5, 5.41) is 13.0. The van der Waals surface area contributed by atoms with E-state index in [1.165, 1.54) is 32.5 Å². The molecule has 2 bridgehead atoms. The third-order valence-electron chi connectivity index (χ3n) is 4.07. The lowest BCUT2D eigenvalue weighted by molar-refractivity contribution is 0.255. The molecule has 0 spiro atoms. The molecule has 0 aliphatic carbocycles. The van der Waals surface area contributed by atoms with Crippen molar-refractivity contribution < 1.29 is 0 Å². The fraction of sp³-hybridized carbons (Fsp3) is 0.500. The van der Waals surface area contributed by atoms with Gasteiger partial charge in [0, 0.05) is 19.1 Å². The Morgan fingerprint density at radius 2 is 2.17 bits per heavy atom. The van der Waals surface area contributed by atoms with Gasteiger partial charge in [-0.2, -0.15) is 5.26 Å². The molecular formula is C14H16ClN3. The number of nitrogens with one attached hydrogen (secondary N) is 1. The maximum Gasteiger partial charge on any atom is 0.0992 e. The Kier molecular flexibility index (Phi) is 3.15. The van der Waals surface area contributed by atoms with E-state index in [0.29, 0.717) is 16.6 Å². The van der Waals surface area contributed by atoms with Gasteiger partial charge in [0.2, 0.25) is 0 Å². The van der Waals surface area contributed by atoms with Gasteiger partial charge in [-0.3, -0.25) is 0 Å². The normalized spacial score (nSPS) is 29.9. The summed E-state index contributed by atoms with van der Waals surface area (Å²) in [6, 6.07) is 8.09. The molecule has 2 aliphatic rings. The van der Waals surface area contributed by atoms with Crippen LogP contribution >= 0.6 is 11.6 Å². The molecule has 94 valence electrons. The van der Waals surface area contributed by atoms with Crippen LogP contribution in [-0.4, -0.2) is 30.6 Å². The number of halogens is 1. The number of nitriles is 1. The van der Waals surface area contributed by atoms with Crippen LogP contribution in [0.25, 0.3) is 0 Å². The summed E-state index contributed by atoms with van der Waals surface area (Å²) in [7, 11) is 0. The Labute approximate surface area is 112 Å².